The number of rotatable bonds is 12. The summed E-state index contributed by atoms with van der Waals surface area (Å²) in [6.07, 6.45) is 8.48. The molecule has 2 atom stereocenters. The first-order valence-corrected chi connectivity index (χ1v) is 13.7. The largest absolute Gasteiger partial charge is 0.438 e. The number of hydrogen-bond donors (Lipinski definition) is 1. The van der Waals surface area contributed by atoms with Crippen molar-refractivity contribution in [1.29, 1.82) is 5.41 Å². The Hall–Kier alpha value is -2.44. The van der Waals surface area contributed by atoms with E-state index in [0.717, 1.165) is 55.2 Å². The number of carbonyl (C=O) groups is 1. The van der Waals surface area contributed by atoms with E-state index in [1.165, 1.54) is 5.57 Å². The van der Waals surface area contributed by atoms with Gasteiger partial charge in [0.05, 0.1) is 42.3 Å². The fourth-order valence-electron chi connectivity index (χ4n) is 4.92. The Labute approximate surface area is 225 Å². The molecule has 0 amide bonds. The Bertz CT molecular complexity index is 961. The first kappa shape index (κ1) is 30.8. The zero-order valence-corrected chi connectivity index (χ0v) is 24.9. The zero-order valence-electron chi connectivity index (χ0n) is 24.9. The van der Waals surface area contributed by atoms with Crippen LogP contribution in [0.25, 0.3) is 0 Å². The van der Waals surface area contributed by atoms with E-state index in [-0.39, 0.29) is 30.2 Å². The maximum atomic E-state index is 13.1. The van der Waals surface area contributed by atoms with Crippen LogP contribution in [0.2, 0.25) is 0 Å². The summed E-state index contributed by atoms with van der Waals surface area (Å²) in [6, 6.07) is 4.10. The monoisotopic (exact) mass is 513 g/mol. The maximum absolute atomic E-state index is 13.1. The van der Waals surface area contributed by atoms with E-state index in [1.54, 1.807) is 0 Å². The van der Waals surface area contributed by atoms with Crippen LogP contribution < -0.4 is 9.47 Å². The summed E-state index contributed by atoms with van der Waals surface area (Å²) in [6.45, 7) is 11.4. The molecule has 2 unspecified atom stereocenters. The second-order valence-corrected chi connectivity index (χ2v) is 12.9. The SMILES string of the molecule is C=C(C)C1CCC(C)=CC1c1c(OC(=N)C[N+](C)(C)C)cc(CCCCC)cc1OC(=O)C[N+](C)(C)C. The zero-order chi connectivity index (χ0) is 28.0. The van der Waals surface area contributed by atoms with Crippen molar-refractivity contribution in [2.75, 3.05) is 55.4 Å². The van der Waals surface area contributed by atoms with Crippen LogP contribution in [0.4, 0.5) is 0 Å². The minimum atomic E-state index is -0.268. The number of nitrogens with zero attached hydrogens (tertiary/aromatic N) is 2. The van der Waals surface area contributed by atoms with E-state index in [4.69, 9.17) is 14.9 Å². The summed E-state index contributed by atoms with van der Waals surface area (Å²) >= 11 is 0. The molecular weight excluding hydrogens is 462 g/mol. The lowest BCUT2D eigenvalue weighted by atomic mass is 9.73. The lowest BCUT2D eigenvalue weighted by Gasteiger charge is -2.33. The number of nitrogens with one attached hydrogen (secondary N) is 1. The van der Waals surface area contributed by atoms with Gasteiger partial charge in [-0.25, -0.2) is 4.79 Å². The van der Waals surface area contributed by atoms with E-state index in [2.05, 4.69) is 39.5 Å². The Morgan fingerprint density at radius 1 is 1.03 bits per heavy atom. The van der Waals surface area contributed by atoms with Gasteiger partial charge in [0.15, 0.2) is 13.1 Å². The van der Waals surface area contributed by atoms with E-state index in [1.807, 2.05) is 48.4 Å². The molecule has 1 aromatic carbocycles. The fourth-order valence-corrected chi connectivity index (χ4v) is 4.92. The van der Waals surface area contributed by atoms with Gasteiger partial charge in [0.25, 0.3) is 0 Å². The summed E-state index contributed by atoms with van der Waals surface area (Å²) < 4.78 is 13.5. The number of carbonyl (C=O) groups excluding carboxylic acids is 1. The van der Waals surface area contributed by atoms with Gasteiger partial charge < -0.3 is 18.4 Å². The first-order valence-electron chi connectivity index (χ1n) is 13.7. The lowest BCUT2D eigenvalue weighted by molar-refractivity contribution is -0.862. The fraction of sp³-hybridized carbons (Fsp3) is 0.613. The van der Waals surface area contributed by atoms with E-state index >= 15 is 0 Å². The highest BCUT2D eigenvalue weighted by Gasteiger charge is 2.33. The van der Waals surface area contributed by atoms with Gasteiger partial charge in [0.1, 0.15) is 11.5 Å². The molecule has 6 heteroatoms. The molecule has 37 heavy (non-hydrogen) atoms. The maximum Gasteiger partial charge on any atom is 0.367 e. The van der Waals surface area contributed by atoms with Gasteiger partial charge in [0.2, 0.25) is 5.90 Å². The molecule has 0 saturated heterocycles. The van der Waals surface area contributed by atoms with Crippen molar-refractivity contribution in [3.63, 3.8) is 0 Å². The Morgan fingerprint density at radius 3 is 2.16 bits per heavy atom. The van der Waals surface area contributed by atoms with E-state index in [9.17, 15) is 4.79 Å². The van der Waals surface area contributed by atoms with Crippen LogP contribution in [0, 0.1) is 11.3 Å². The number of hydrogen-bond acceptors (Lipinski definition) is 4. The van der Waals surface area contributed by atoms with Gasteiger partial charge in [-0.1, -0.05) is 43.6 Å². The van der Waals surface area contributed by atoms with Crippen molar-refractivity contribution < 1.29 is 23.2 Å². The molecule has 6 nitrogen and oxygen atoms in total. The smallest absolute Gasteiger partial charge is 0.367 e. The second-order valence-electron chi connectivity index (χ2n) is 12.9. The van der Waals surface area contributed by atoms with Crippen molar-refractivity contribution in [2.45, 2.75) is 65.2 Å². The third-order valence-corrected chi connectivity index (χ3v) is 6.62. The van der Waals surface area contributed by atoms with Crippen molar-refractivity contribution in [3.8, 4) is 11.5 Å². The summed E-state index contributed by atoms with van der Waals surface area (Å²) in [5, 5.41) is 8.65. The molecule has 0 radical (unpaired) electrons. The molecule has 0 aliphatic heterocycles. The molecule has 1 aromatic rings. The van der Waals surface area contributed by atoms with Crippen LogP contribution in [0.3, 0.4) is 0 Å². The second kappa shape index (κ2) is 12.9. The van der Waals surface area contributed by atoms with Crippen LogP contribution >= 0.6 is 0 Å². The molecule has 0 saturated carbocycles. The third-order valence-electron chi connectivity index (χ3n) is 6.62. The number of quaternary nitrogens is 2. The number of likely N-dealkylation sites (N-methyl/N-ethyl adjacent to an activating group) is 2. The summed E-state index contributed by atoms with van der Waals surface area (Å²) in [5.41, 5.74) is 4.34. The van der Waals surface area contributed by atoms with Crippen LogP contribution in [0.5, 0.6) is 11.5 Å². The number of aryl methyl sites for hydroxylation is 1. The predicted octanol–water partition coefficient (Wildman–Crippen LogP) is 6.11. The highest BCUT2D eigenvalue weighted by molar-refractivity contribution is 5.78. The molecule has 0 aromatic heterocycles. The van der Waals surface area contributed by atoms with E-state index in [0.29, 0.717) is 27.0 Å². The van der Waals surface area contributed by atoms with Gasteiger partial charge in [-0.3, -0.25) is 5.41 Å². The van der Waals surface area contributed by atoms with E-state index < -0.39 is 0 Å². The van der Waals surface area contributed by atoms with Crippen LogP contribution in [-0.4, -0.2) is 76.2 Å². The summed E-state index contributed by atoms with van der Waals surface area (Å²) in [4.78, 5) is 13.1. The predicted molar refractivity (Wildman–Crippen MR) is 153 cm³/mol. The molecule has 206 valence electrons. The number of benzene rings is 1. The summed E-state index contributed by atoms with van der Waals surface area (Å²) in [7, 11) is 12.1. The Balaban J connectivity index is 2.69. The van der Waals surface area contributed by atoms with Crippen LogP contribution in [0.15, 0.2) is 35.9 Å². The normalized spacial score (nSPS) is 18.2. The molecule has 0 fully saturated rings. The van der Waals surface area contributed by atoms with Crippen molar-refractivity contribution in [3.05, 3.63) is 47.1 Å². The van der Waals surface area contributed by atoms with Crippen molar-refractivity contribution in [2.24, 2.45) is 5.92 Å². The number of esters is 1. The van der Waals surface area contributed by atoms with Crippen LogP contribution in [-0.2, 0) is 11.2 Å². The highest BCUT2D eigenvalue weighted by Crippen LogP contribution is 2.47. The van der Waals surface area contributed by atoms with Gasteiger partial charge >= 0.3 is 5.97 Å². The number of ether oxygens (including phenoxy) is 2. The number of unbranched alkanes of at least 4 members (excludes halogenated alkanes) is 2. The van der Waals surface area contributed by atoms with Gasteiger partial charge in [-0.2, -0.15) is 0 Å². The average Bonchev–Trinajstić information content (AvgIpc) is 2.70. The molecule has 0 spiro atoms. The minimum absolute atomic E-state index is 0.0326. The molecule has 1 aliphatic rings. The van der Waals surface area contributed by atoms with Gasteiger partial charge in [0, 0.05) is 11.5 Å². The topological polar surface area (TPSA) is 59.4 Å². The Morgan fingerprint density at radius 2 is 1.62 bits per heavy atom. The first-order chi connectivity index (χ1) is 17.1. The van der Waals surface area contributed by atoms with Crippen LogP contribution in [0.1, 0.15) is 69.9 Å². The molecule has 0 heterocycles. The molecule has 0 bridgehead atoms. The molecular formula is C31H51N3O3+2. The minimum Gasteiger partial charge on any atom is -0.438 e. The van der Waals surface area contributed by atoms with Crippen molar-refractivity contribution in [1.82, 2.24) is 0 Å². The summed E-state index contributed by atoms with van der Waals surface area (Å²) in [5.74, 6) is 1.29. The van der Waals surface area contributed by atoms with Gasteiger partial charge in [-0.15, -0.1) is 0 Å². The highest BCUT2D eigenvalue weighted by atomic mass is 16.5. The standard InChI is InChI=1S/C31H51N3O3/c1-11-12-13-14-24-18-27(36-29(32)20-33(5,6)7)31(26-17-23(4)15-16-25(26)22(2)3)28(19-24)37-30(35)21-34(8,9)10/h17-19,25-26,32H,2,11-16,20-21H2,1,3-10H3/q+2. The molecule has 1 aliphatic carbocycles. The molecule has 1 N–H and O–H groups in total. The Kier molecular flexibility index (Phi) is 10.7. The average molecular weight is 514 g/mol. The third kappa shape index (κ3) is 10.1. The molecule has 2 rings (SSSR count). The number of allylic oxidation sites excluding steroid dienone is 3. The van der Waals surface area contributed by atoms with Crippen molar-refractivity contribution >= 4 is 11.9 Å². The quantitative estimate of drug-likeness (QED) is 0.0698. The van der Waals surface area contributed by atoms with Gasteiger partial charge in [-0.05, 0) is 63.1 Å². The lowest BCUT2D eigenvalue weighted by Crippen LogP contribution is -2.41.